The number of carboxylic acids is 1. The Morgan fingerprint density at radius 2 is 2.12 bits per heavy atom. The Kier molecular flexibility index (Phi) is 4.22. The zero-order valence-electron chi connectivity index (χ0n) is 9.42. The second-order valence-electron chi connectivity index (χ2n) is 3.61. The largest absolute Gasteiger partial charge is 0.477 e. The van der Waals surface area contributed by atoms with Crippen LogP contribution < -0.4 is 0 Å². The second kappa shape index (κ2) is 5.26. The van der Waals surface area contributed by atoms with E-state index in [0.29, 0.717) is 0 Å². The molecular weight excluding hydrogens is 248 g/mol. The van der Waals surface area contributed by atoms with Crippen molar-refractivity contribution in [3.63, 3.8) is 0 Å². The molecule has 17 heavy (non-hydrogen) atoms. The standard InChI is InChI=1S/C9H14N2O5S/c1-2-17(15,16)6-5-11-8(12)4-3-7(10-11)9(13)14/h2-6H2,1H3,(H,13,14). The van der Waals surface area contributed by atoms with Crippen LogP contribution in [0.15, 0.2) is 5.10 Å². The fraction of sp³-hybridized carbons (Fsp3) is 0.667. The minimum absolute atomic E-state index is 0.00939. The van der Waals surface area contributed by atoms with Crippen molar-refractivity contribution in [2.45, 2.75) is 19.8 Å². The first-order valence-corrected chi connectivity index (χ1v) is 6.99. The summed E-state index contributed by atoms with van der Waals surface area (Å²) in [5.74, 6) is -1.74. The molecule has 0 atom stereocenters. The SMILES string of the molecule is CCS(=O)(=O)CCN1N=C(C(=O)O)CCC1=O. The van der Waals surface area contributed by atoms with Gasteiger partial charge in [-0.25, -0.2) is 18.2 Å². The molecule has 0 unspecified atom stereocenters. The molecule has 96 valence electrons. The highest BCUT2D eigenvalue weighted by Crippen LogP contribution is 2.09. The Morgan fingerprint density at radius 1 is 1.47 bits per heavy atom. The number of rotatable bonds is 5. The number of carbonyl (C=O) groups is 2. The summed E-state index contributed by atoms with van der Waals surface area (Å²) >= 11 is 0. The summed E-state index contributed by atoms with van der Waals surface area (Å²) in [7, 11) is -3.19. The molecule has 0 radical (unpaired) electrons. The fourth-order valence-corrected chi connectivity index (χ4v) is 2.04. The van der Waals surface area contributed by atoms with Crippen LogP contribution in [0.3, 0.4) is 0 Å². The van der Waals surface area contributed by atoms with Crippen molar-refractivity contribution in [2.24, 2.45) is 5.10 Å². The summed E-state index contributed by atoms with van der Waals surface area (Å²) in [6.07, 6.45) is 0.141. The van der Waals surface area contributed by atoms with Gasteiger partial charge in [-0.2, -0.15) is 5.10 Å². The van der Waals surface area contributed by atoms with Gasteiger partial charge in [0.15, 0.2) is 9.84 Å². The van der Waals surface area contributed by atoms with E-state index in [9.17, 15) is 18.0 Å². The molecule has 0 aromatic rings. The van der Waals surface area contributed by atoms with Crippen LogP contribution in [0.1, 0.15) is 19.8 Å². The van der Waals surface area contributed by atoms with E-state index in [0.717, 1.165) is 5.01 Å². The van der Waals surface area contributed by atoms with Crippen molar-refractivity contribution in [1.82, 2.24) is 5.01 Å². The molecule has 1 N–H and O–H groups in total. The van der Waals surface area contributed by atoms with Crippen LogP contribution in [-0.4, -0.2) is 54.2 Å². The van der Waals surface area contributed by atoms with E-state index in [1.807, 2.05) is 0 Å². The van der Waals surface area contributed by atoms with Gasteiger partial charge in [0.25, 0.3) is 0 Å². The van der Waals surface area contributed by atoms with Gasteiger partial charge in [-0.05, 0) is 0 Å². The third-order valence-electron chi connectivity index (χ3n) is 2.41. The normalized spacial score (nSPS) is 16.9. The molecule has 0 spiro atoms. The lowest BCUT2D eigenvalue weighted by Gasteiger charge is -2.21. The monoisotopic (exact) mass is 262 g/mol. The summed E-state index contributed by atoms with van der Waals surface area (Å²) in [5, 5.41) is 13.3. The summed E-state index contributed by atoms with van der Waals surface area (Å²) in [6, 6.07) is 0. The number of hydrogen-bond donors (Lipinski definition) is 1. The Morgan fingerprint density at radius 3 is 2.65 bits per heavy atom. The highest BCUT2D eigenvalue weighted by Gasteiger charge is 2.24. The maximum absolute atomic E-state index is 11.4. The van der Waals surface area contributed by atoms with Gasteiger partial charge in [-0.1, -0.05) is 6.92 Å². The number of nitrogens with zero attached hydrogens (tertiary/aromatic N) is 2. The first kappa shape index (κ1) is 13.6. The third-order valence-corrected chi connectivity index (χ3v) is 4.09. The number of hydrazone groups is 1. The van der Waals surface area contributed by atoms with Crippen LogP contribution in [-0.2, 0) is 19.4 Å². The van der Waals surface area contributed by atoms with Gasteiger partial charge in [0.1, 0.15) is 5.71 Å². The average Bonchev–Trinajstić information content (AvgIpc) is 2.27. The van der Waals surface area contributed by atoms with Crippen LogP contribution >= 0.6 is 0 Å². The van der Waals surface area contributed by atoms with Crippen molar-refractivity contribution >= 4 is 27.4 Å². The summed E-state index contributed by atoms with van der Waals surface area (Å²) in [4.78, 5) is 22.1. The second-order valence-corrected chi connectivity index (χ2v) is 6.08. The van der Waals surface area contributed by atoms with Crippen molar-refractivity contribution in [3.8, 4) is 0 Å². The first-order chi connectivity index (χ1) is 7.85. The number of hydrogen-bond acceptors (Lipinski definition) is 5. The molecule has 0 bridgehead atoms. The molecule has 0 fully saturated rings. The molecule has 1 rings (SSSR count). The Bertz CT molecular complexity index is 454. The van der Waals surface area contributed by atoms with E-state index in [1.165, 1.54) is 6.92 Å². The summed E-state index contributed by atoms with van der Waals surface area (Å²) in [5.41, 5.74) is -0.113. The van der Waals surface area contributed by atoms with Crippen molar-refractivity contribution < 1.29 is 23.1 Å². The zero-order valence-corrected chi connectivity index (χ0v) is 10.2. The lowest BCUT2D eigenvalue weighted by atomic mass is 10.2. The highest BCUT2D eigenvalue weighted by molar-refractivity contribution is 7.91. The van der Waals surface area contributed by atoms with Crippen LogP contribution in [0.5, 0.6) is 0 Å². The van der Waals surface area contributed by atoms with Crippen molar-refractivity contribution in [1.29, 1.82) is 0 Å². The van der Waals surface area contributed by atoms with Crippen molar-refractivity contribution in [2.75, 3.05) is 18.1 Å². The minimum atomic E-state index is -3.19. The van der Waals surface area contributed by atoms with Crippen LogP contribution in [0.25, 0.3) is 0 Å². The Hall–Kier alpha value is -1.44. The fourth-order valence-electron chi connectivity index (χ4n) is 1.30. The molecule has 1 aliphatic rings. The average molecular weight is 262 g/mol. The summed E-state index contributed by atoms with van der Waals surface area (Å²) in [6.45, 7) is 1.42. The van der Waals surface area contributed by atoms with Crippen LogP contribution in [0.2, 0.25) is 0 Å². The number of amides is 1. The maximum Gasteiger partial charge on any atom is 0.352 e. The maximum atomic E-state index is 11.4. The highest BCUT2D eigenvalue weighted by atomic mass is 32.2. The molecule has 0 aliphatic carbocycles. The predicted octanol–water partition coefficient (Wildman–Crippen LogP) is -0.516. The van der Waals surface area contributed by atoms with Crippen LogP contribution in [0.4, 0.5) is 0 Å². The smallest absolute Gasteiger partial charge is 0.352 e. The molecule has 1 heterocycles. The van der Waals surface area contributed by atoms with Crippen molar-refractivity contribution in [3.05, 3.63) is 0 Å². The van der Waals surface area contributed by atoms with Gasteiger partial charge in [0, 0.05) is 18.6 Å². The minimum Gasteiger partial charge on any atom is -0.477 e. The van der Waals surface area contributed by atoms with Gasteiger partial charge in [0.2, 0.25) is 5.91 Å². The van der Waals surface area contributed by atoms with Gasteiger partial charge in [0.05, 0.1) is 12.3 Å². The lowest BCUT2D eigenvalue weighted by molar-refractivity contribution is -0.132. The summed E-state index contributed by atoms with van der Waals surface area (Å²) < 4.78 is 22.5. The molecule has 0 aromatic heterocycles. The molecule has 8 heteroatoms. The van der Waals surface area contributed by atoms with E-state index in [1.54, 1.807) is 0 Å². The molecular formula is C9H14N2O5S. The molecule has 0 saturated heterocycles. The van der Waals surface area contributed by atoms with E-state index < -0.39 is 15.8 Å². The quantitative estimate of drug-likeness (QED) is 0.718. The molecule has 7 nitrogen and oxygen atoms in total. The van der Waals surface area contributed by atoms with E-state index >= 15 is 0 Å². The molecule has 0 aromatic carbocycles. The topological polar surface area (TPSA) is 104 Å². The van der Waals surface area contributed by atoms with Gasteiger partial charge in [-0.15, -0.1) is 0 Å². The number of sulfone groups is 1. The van der Waals surface area contributed by atoms with Gasteiger partial charge >= 0.3 is 5.97 Å². The van der Waals surface area contributed by atoms with Gasteiger partial charge < -0.3 is 5.11 Å². The molecule has 1 aliphatic heterocycles. The number of carbonyl (C=O) groups excluding carboxylic acids is 1. The third kappa shape index (κ3) is 3.81. The lowest BCUT2D eigenvalue weighted by Crippen LogP contribution is -2.37. The first-order valence-electron chi connectivity index (χ1n) is 5.17. The van der Waals surface area contributed by atoms with Crippen LogP contribution in [0, 0.1) is 0 Å². The molecule has 1 amide bonds. The van der Waals surface area contributed by atoms with E-state index in [2.05, 4.69) is 5.10 Å². The zero-order chi connectivity index (χ0) is 13.1. The van der Waals surface area contributed by atoms with Gasteiger partial charge in [-0.3, -0.25) is 4.79 Å². The van der Waals surface area contributed by atoms with E-state index in [-0.39, 0.29) is 42.5 Å². The number of carboxylic acid groups (broad SMARTS) is 1. The number of aliphatic carboxylic acids is 1. The Labute approximate surface area is 99.0 Å². The molecule has 0 saturated carbocycles. The van der Waals surface area contributed by atoms with E-state index in [4.69, 9.17) is 5.11 Å². The Balaban J connectivity index is 2.72. The predicted molar refractivity (Wildman–Crippen MR) is 60.3 cm³/mol.